The van der Waals surface area contributed by atoms with Crippen molar-refractivity contribution in [3.63, 3.8) is 0 Å². The molecule has 0 atom stereocenters. The highest BCUT2D eigenvalue weighted by Crippen LogP contribution is 1.97. The van der Waals surface area contributed by atoms with Crippen LogP contribution in [0.3, 0.4) is 0 Å². The molecule has 0 fully saturated rings. The molecule has 0 spiro atoms. The molecule has 0 saturated carbocycles. The molecule has 0 unspecified atom stereocenters. The summed E-state index contributed by atoms with van der Waals surface area (Å²) in [7, 11) is 3.34. The summed E-state index contributed by atoms with van der Waals surface area (Å²) in [5.74, 6) is -0.348. The number of carbonyl (C=O) groups excluding carboxylic acids is 2. The molecule has 0 radical (unpaired) electrons. The van der Waals surface area contributed by atoms with Gasteiger partial charge in [-0.2, -0.15) is 0 Å². The highest BCUT2D eigenvalue weighted by atomic mass is 16.5. The Bertz CT molecular complexity index is 406. The minimum atomic E-state index is -0.237. The first-order chi connectivity index (χ1) is 9.15. The number of amides is 2. The zero-order valence-corrected chi connectivity index (χ0v) is 11.4. The number of methoxy groups -OCH3 is 1. The number of benzene rings is 1. The zero-order chi connectivity index (χ0) is 14.1. The lowest BCUT2D eigenvalue weighted by Crippen LogP contribution is -2.38. The van der Waals surface area contributed by atoms with Gasteiger partial charge < -0.3 is 15.0 Å². The van der Waals surface area contributed by atoms with Crippen LogP contribution in [0.2, 0.25) is 0 Å². The molecule has 0 heterocycles. The van der Waals surface area contributed by atoms with Gasteiger partial charge in [-0.1, -0.05) is 18.2 Å². The molecule has 0 aromatic heterocycles. The fraction of sp³-hybridized carbons (Fsp3) is 0.429. The van der Waals surface area contributed by atoms with E-state index < -0.39 is 0 Å². The van der Waals surface area contributed by atoms with E-state index in [4.69, 9.17) is 4.74 Å². The molecule has 19 heavy (non-hydrogen) atoms. The third kappa shape index (κ3) is 5.52. The molecular formula is C14H20N2O3. The fourth-order valence-electron chi connectivity index (χ4n) is 1.55. The van der Waals surface area contributed by atoms with Crippen LogP contribution in [-0.4, -0.2) is 50.6 Å². The van der Waals surface area contributed by atoms with Crippen LogP contribution in [0.5, 0.6) is 0 Å². The largest absolute Gasteiger partial charge is 0.385 e. The van der Waals surface area contributed by atoms with Crippen LogP contribution in [0, 0.1) is 0 Å². The Kier molecular flexibility index (Phi) is 6.60. The summed E-state index contributed by atoms with van der Waals surface area (Å²) in [6.07, 6.45) is 0.783. The quantitative estimate of drug-likeness (QED) is 0.745. The molecule has 5 nitrogen and oxygen atoms in total. The molecular weight excluding hydrogens is 244 g/mol. The van der Waals surface area contributed by atoms with E-state index in [-0.39, 0.29) is 18.4 Å². The van der Waals surface area contributed by atoms with Crippen LogP contribution in [0.15, 0.2) is 30.3 Å². The lowest BCUT2D eigenvalue weighted by atomic mass is 10.2. The first-order valence-corrected chi connectivity index (χ1v) is 6.21. The van der Waals surface area contributed by atoms with E-state index in [1.54, 1.807) is 43.3 Å². The molecule has 0 aliphatic rings. The maximum absolute atomic E-state index is 11.7. The SMILES string of the molecule is COCCCN(C)C(=O)CNC(=O)c1ccccc1. The van der Waals surface area contributed by atoms with Crippen molar-refractivity contribution < 1.29 is 14.3 Å². The van der Waals surface area contributed by atoms with Gasteiger partial charge >= 0.3 is 0 Å². The van der Waals surface area contributed by atoms with Crippen molar-refractivity contribution in [1.82, 2.24) is 10.2 Å². The number of carbonyl (C=O) groups is 2. The van der Waals surface area contributed by atoms with Gasteiger partial charge in [-0.05, 0) is 18.6 Å². The third-order valence-electron chi connectivity index (χ3n) is 2.70. The molecule has 1 rings (SSSR count). The van der Waals surface area contributed by atoms with E-state index in [1.807, 2.05) is 6.07 Å². The van der Waals surface area contributed by atoms with Crippen LogP contribution in [0.1, 0.15) is 16.8 Å². The van der Waals surface area contributed by atoms with Crippen molar-refractivity contribution in [2.45, 2.75) is 6.42 Å². The molecule has 0 saturated heterocycles. The Hall–Kier alpha value is -1.88. The smallest absolute Gasteiger partial charge is 0.251 e. The Morgan fingerprint density at radius 2 is 1.95 bits per heavy atom. The van der Waals surface area contributed by atoms with Gasteiger partial charge in [-0.15, -0.1) is 0 Å². The van der Waals surface area contributed by atoms with Crippen LogP contribution < -0.4 is 5.32 Å². The normalized spacial score (nSPS) is 10.0. The molecule has 1 aromatic carbocycles. The molecule has 2 amide bonds. The van der Waals surface area contributed by atoms with E-state index in [9.17, 15) is 9.59 Å². The number of nitrogens with zero attached hydrogens (tertiary/aromatic N) is 1. The van der Waals surface area contributed by atoms with Crippen molar-refractivity contribution >= 4 is 11.8 Å². The predicted octanol–water partition coefficient (Wildman–Crippen LogP) is 0.911. The van der Waals surface area contributed by atoms with Crippen molar-refractivity contribution in [3.8, 4) is 0 Å². The average Bonchev–Trinajstić information content (AvgIpc) is 2.45. The highest BCUT2D eigenvalue weighted by Gasteiger charge is 2.10. The number of rotatable bonds is 7. The fourth-order valence-corrected chi connectivity index (χ4v) is 1.55. The van der Waals surface area contributed by atoms with Gasteiger partial charge in [0.1, 0.15) is 0 Å². The topological polar surface area (TPSA) is 58.6 Å². The van der Waals surface area contributed by atoms with Crippen molar-refractivity contribution in [2.24, 2.45) is 0 Å². The van der Waals surface area contributed by atoms with E-state index in [1.165, 1.54) is 0 Å². The van der Waals surface area contributed by atoms with E-state index >= 15 is 0 Å². The number of likely N-dealkylation sites (N-methyl/N-ethyl adjacent to an activating group) is 1. The van der Waals surface area contributed by atoms with Crippen LogP contribution >= 0.6 is 0 Å². The number of hydrogen-bond donors (Lipinski definition) is 1. The highest BCUT2D eigenvalue weighted by molar-refractivity contribution is 5.96. The van der Waals surface area contributed by atoms with Crippen LogP contribution in [0.25, 0.3) is 0 Å². The van der Waals surface area contributed by atoms with Gasteiger partial charge in [0, 0.05) is 32.9 Å². The monoisotopic (exact) mass is 264 g/mol. The van der Waals surface area contributed by atoms with Crippen molar-refractivity contribution in [1.29, 1.82) is 0 Å². The average molecular weight is 264 g/mol. The maximum Gasteiger partial charge on any atom is 0.251 e. The Labute approximate surface area is 113 Å². The second-order valence-electron chi connectivity index (χ2n) is 4.21. The predicted molar refractivity (Wildman–Crippen MR) is 72.9 cm³/mol. The van der Waals surface area contributed by atoms with Gasteiger partial charge in [0.25, 0.3) is 5.91 Å². The van der Waals surface area contributed by atoms with Crippen molar-refractivity contribution in [3.05, 3.63) is 35.9 Å². The minimum Gasteiger partial charge on any atom is -0.385 e. The number of ether oxygens (including phenoxy) is 1. The second-order valence-corrected chi connectivity index (χ2v) is 4.21. The van der Waals surface area contributed by atoms with Gasteiger partial charge in [0.15, 0.2) is 0 Å². The van der Waals surface area contributed by atoms with Gasteiger partial charge in [0.05, 0.1) is 6.54 Å². The standard InChI is InChI=1S/C14H20N2O3/c1-16(9-6-10-19-2)13(17)11-15-14(18)12-7-4-3-5-8-12/h3-5,7-8H,6,9-11H2,1-2H3,(H,15,18). The second kappa shape index (κ2) is 8.26. The summed E-state index contributed by atoms with van der Waals surface area (Å²) in [4.78, 5) is 25.1. The summed E-state index contributed by atoms with van der Waals surface area (Å²) in [5, 5.41) is 2.61. The lowest BCUT2D eigenvalue weighted by Gasteiger charge is -2.17. The molecule has 104 valence electrons. The number of nitrogens with one attached hydrogen (secondary N) is 1. The Morgan fingerprint density at radius 3 is 2.58 bits per heavy atom. The summed E-state index contributed by atoms with van der Waals surface area (Å²) < 4.78 is 4.92. The lowest BCUT2D eigenvalue weighted by molar-refractivity contribution is -0.128. The molecule has 1 N–H and O–H groups in total. The van der Waals surface area contributed by atoms with Crippen LogP contribution in [-0.2, 0) is 9.53 Å². The third-order valence-corrected chi connectivity index (χ3v) is 2.70. The molecule has 5 heteroatoms. The first-order valence-electron chi connectivity index (χ1n) is 6.21. The summed E-state index contributed by atoms with van der Waals surface area (Å²) >= 11 is 0. The molecule has 0 aliphatic heterocycles. The molecule has 0 aliphatic carbocycles. The summed E-state index contributed by atoms with van der Waals surface area (Å²) in [6, 6.07) is 8.83. The molecule has 1 aromatic rings. The Balaban J connectivity index is 2.32. The van der Waals surface area contributed by atoms with Crippen molar-refractivity contribution in [2.75, 3.05) is 33.9 Å². The summed E-state index contributed by atoms with van der Waals surface area (Å²) in [6.45, 7) is 1.25. The summed E-state index contributed by atoms with van der Waals surface area (Å²) in [5.41, 5.74) is 0.553. The maximum atomic E-state index is 11.7. The molecule has 0 bridgehead atoms. The van der Waals surface area contributed by atoms with Crippen LogP contribution in [0.4, 0.5) is 0 Å². The first kappa shape index (κ1) is 15.2. The Morgan fingerprint density at radius 1 is 1.26 bits per heavy atom. The minimum absolute atomic E-state index is 0.0111. The number of hydrogen-bond acceptors (Lipinski definition) is 3. The van der Waals surface area contributed by atoms with E-state index in [2.05, 4.69) is 5.32 Å². The van der Waals surface area contributed by atoms with E-state index in [0.29, 0.717) is 18.7 Å². The van der Waals surface area contributed by atoms with Gasteiger partial charge in [-0.25, -0.2) is 0 Å². The van der Waals surface area contributed by atoms with Gasteiger partial charge in [0.2, 0.25) is 5.91 Å². The van der Waals surface area contributed by atoms with E-state index in [0.717, 1.165) is 6.42 Å². The zero-order valence-electron chi connectivity index (χ0n) is 11.4. The van der Waals surface area contributed by atoms with Gasteiger partial charge in [-0.3, -0.25) is 9.59 Å².